The number of guanidine groups is 1. The number of nitrogens with one attached hydrogen (secondary N) is 2. The average Bonchev–Trinajstić information content (AvgIpc) is 3.08. The molecular formula is C19H26F2N6O2. The Bertz CT molecular complexity index is 827. The molecule has 158 valence electrons. The van der Waals surface area contributed by atoms with Crippen molar-refractivity contribution in [3.63, 3.8) is 0 Å². The molecule has 1 aromatic carbocycles. The zero-order valence-corrected chi connectivity index (χ0v) is 16.6. The maximum atomic E-state index is 12.4. The number of fused-ring (bicyclic) bond motifs is 1. The third kappa shape index (κ3) is 6.11. The van der Waals surface area contributed by atoms with E-state index in [2.05, 4.69) is 30.4 Å². The number of ether oxygens (including phenoxy) is 2. The summed E-state index contributed by atoms with van der Waals surface area (Å²) >= 11 is 0. The van der Waals surface area contributed by atoms with Gasteiger partial charge in [-0.1, -0.05) is 12.1 Å². The molecule has 0 aliphatic carbocycles. The van der Waals surface area contributed by atoms with E-state index in [0.717, 1.165) is 24.2 Å². The van der Waals surface area contributed by atoms with Crippen LogP contribution in [-0.4, -0.2) is 47.0 Å². The van der Waals surface area contributed by atoms with E-state index in [-0.39, 0.29) is 11.8 Å². The number of hydrogen-bond donors (Lipinski definition) is 2. The molecule has 0 spiro atoms. The minimum atomic E-state index is -2.84. The van der Waals surface area contributed by atoms with Gasteiger partial charge in [-0.05, 0) is 31.0 Å². The summed E-state index contributed by atoms with van der Waals surface area (Å²) in [4.78, 5) is 9.06. The summed E-state index contributed by atoms with van der Waals surface area (Å²) in [6.07, 6.45) is 1.73. The third-order valence-electron chi connectivity index (χ3n) is 4.40. The van der Waals surface area contributed by atoms with Crippen molar-refractivity contribution in [2.45, 2.75) is 52.1 Å². The highest BCUT2D eigenvalue weighted by atomic mass is 19.3. The summed E-state index contributed by atoms with van der Waals surface area (Å²) in [5.74, 6) is 2.45. The fourth-order valence-corrected chi connectivity index (χ4v) is 3.17. The lowest BCUT2D eigenvalue weighted by molar-refractivity contribution is -0.0498. The van der Waals surface area contributed by atoms with Crippen molar-refractivity contribution in [3.05, 3.63) is 41.5 Å². The average molecular weight is 408 g/mol. The second-order valence-electron chi connectivity index (χ2n) is 6.66. The number of aromatic nitrogens is 3. The molecule has 2 aromatic rings. The molecule has 1 aliphatic rings. The van der Waals surface area contributed by atoms with Gasteiger partial charge in [0.05, 0.1) is 13.1 Å². The van der Waals surface area contributed by atoms with Gasteiger partial charge in [-0.15, -0.1) is 0 Å². The van der Waals surface area contributed by atoms with Gasteiger partial charge >= 0.3 is 6.61 Å². The van der Waals surface area contributed by atoms with Crippen LogP contribution in [0.4, 0.5) is 8.78 Å². The van der Waals surface area contributed by atoms with Gasteiger partial charge in [0.2, 0.25) is 0 Å². The molecule has 0 saturated heterocycles. The number of aryl methyl sites for hydroxylation is 1. The van der Waals surface area contributed by atoms with Gasteiger partial charge in [-0.2, -0.15) is 13.9 Å². The van der Waals surface area contributed by atoms with Crippen LogP contribution < -0.4 is 15.4 Å². The van der Waals surface area contributed by atoms with E-state index in [1.807, 2.05) is 17.7 Å². The largest absolute Gasteiger partial charge is 0.435 e. The van der Waals surface area contributed by atoms with E-state index < -0.39 is 6.61 Å². The fourth-order valence-electron chi connectivity index (χ4n) is 3.17. The van der Waals surface area contributed by atoms with Crippen LogP contribution in [0.25, 0.3) is 0 Å². The van der Waals surface area contributed by atoms with E-state index in [4.69, 9.17) is 4.74 Å². The Morgan fingerprint density at radius 3 is 3.03 bits per heavy atom. The molecule has 0 bridgehead atoms. The zero-order valence-electron chi connectivity index (χ0n) is 16.6. The van der Waals surface area contributed by atoms with Gasteiger partial charge in [0.15, 0.2) is 11.8 Å². The zero-order chi connectivity index (χ0) is 20.6. The van der Waals surface area contributed by atoms with Crippen molar-refractivity contribution < 1.29 is 18.3 Å². The number of alkyl halides is 2. The van der Waals surface area contributed by atoms with Crippen molar-refractivity contribution in [1.29, 1.82) is 0 Å². The van der Waals surface area contributed by atoms with Gasteiger partial charge in [0.25, 0.3) is 0 Å². The molecule has 0 radical (unpaired) electrons. The van der Waals surface area contributed by atoms with Crippen LogP contribution >= 0.6 is 0 Å². The molecule has 1 aromatic heterocycles. The Kier molecular flexibility index (Phi) is 7.34. The molecule has 1 atom stereocenters. The van der Waals surface area contributed by atoms with Gasteiger partial charge < -0.3 is 20.1 Å². The minimum absolute atomic E-state index is 0.128. The van der Waals surface area contributed by atoms with E-state index in [1.165, 1.54) is 6.07 Å². The first-order valence-corrected chi connectivity index (χ1v) is 9.57. The fraction of sp³-hybridized carbons (Fsp3) is 0.526. The molecule has 2 N–H and O–H groups in total. The van der Waals surface area contributed by atoms with Crippen molar-refractivity contribution in [1.82, 2.24) is 25.4 Å². The molecule has 2 heterocycles. The van der Waals surface area contributed by atoms with Crippen LogP contribution in [0, 0.1) is 0 Å². The first-order valence-electron chi connectivity index (χ1n) is 9.57. The Morgan fingerprint density at radius 2 is 2.28 bits per heavy atom. The molecule has 0 fully saturated rings. The van der Waals surface area contributed by atoms with Crippen molar-refractivity contribution in [3.8, 4) is 5.75 Å². The lowest BCUT2D eigenvalue weighted by Crippen LogP contribution is -2.47. The first kappa shape index (κ1) is 21.0. The lowest BCUT2D eigenvalue weighted by Gasteiger charge is -2.25. The smallest absolute Gasteiger partial charge is 0.387 e. The van der Waals surface area contributed by atoms with Crippen LogP contribution in [0.3, 0.4) is 0 Å². The van der Waals surface area contributed by atoms with Gasteiger partial charge in [0, 0.05) is 26.1 Å². The Morgan fingerprint density at radius 1 is 1.41 bits per heavy atom. The highest BCUT2D eigenvalue weighted by molar-refractivity contribution is 5.80. The Labute approximate surface area is 168 Å². The van der Waals surface area contributed by atoms with E-state index in [1.54, 1.807) is 19.2 Å². The number of hydrogen-bond acceptors (Lipinski definition) is 5. The van der Waals surface area contributed by atoms with Crippen LogP contribution in [0.5, 0.6) is 5.75 Å². The molecule has 1 aliphatic heterocycles. The van der Waals surface area contributed by atoms with Gasteiger partial charge in [0.1, 0.15) is 18.2 Å². The summed E-state index contributed by atoms with van der Waals surface area (Å²) in [7, 11) is 1.62. The molecule has 29 heavy (non-hydrogen) atoms. The van der Waals surface area contributed by atoms with E-state index in [9.17, 15) is 8.78 Å². The predicted molar refractivity (Wildman–Crippen MR) is 104 cm³/mol. The Hall–Kier alpha value is -2.75. The first-order chi connectivity index (χ1) is 14.1. The van der Waals surface area contributed by atoms with Crippen molar-refractivity contribution in [2.24, 2.45) is 4.99 Å². The number of aliphatic imine (C=N–C) groups is 1. The monoisotopic (exact) mass is 408 g/mol. The second-order valence-corrected chi connectivity index (χ2v) is 6.66. The number of methoxy groups -OCH3 is 1. The van der Waals surface area contributed by atoms with Crippen LogP contribution in [0.15, 0.2) is 29.3 Å². The Balaban J connectivity index is 1.62. The van der Waals surface area contributed by atoms with Crippen molar-refractivity contribution in [2.75, 3.05) is 13.7 Å². The third-order valence-corrected chi connectivity index (χ3v) is 4.40. The summed E-state index contributed by atoms with van der Waals surface area (Å²) in [5, 5.41) is 11.1. The van der Waals surface area contributed by atoms with Gasteiger partial charge in [-0.3, -0.25) is 0 Å². The minimum Gasteiger partial charge on any atom is -0.435 e. The number of nitrogens with zero attached hydrogens (tertiary/aromatic N) is 4. The summed E-state index contributed by atoms with van der Waals surface area (Å²) in [6, 6.07) is 6.72. The molecule has 1 unspecified atom stereocenters. The van der Waals surface area contributed by atoms with E-state index >= 15 is 0 Å². The molecule has 0 saturated carbocycles. The predicted octanol–water partition coefficient (Wildman–Crippen LogP) is 2.10. The van der Waals surface area contributed by atoms with Crippen LogP contribution in [0.1, 0.15) is 30.6 Å². The maximum Gasteiger partial charge on any atom is 0.387 e. The van der Waals surface area contributed by atoms with Crippen molar-refractivity contribution >= 4 is 5.96 Å². The standard InChI is InChI=1S/C19H26F2N6O2/c1-3-22-19(23-10-13-5-4-6-15(9-13)29-18(20)21)24-14-7-8-17-25-16(12-28-2)26-27(17)11-14/h4-6,9,14,18H,3,7-8,10-12H2,1-2H3,(H2,22,23,24). The highest BCUT2D eigenvalue weighted by Crippen LogP contribution is 2.17. The normalized spacial score (nSPS) is 16.6. The highest BCUT2D eigenvalue weighted by Gasteiger charge is 2.22. The molecule has 8 nitrogen and oxygen atoms in total. The number of benzene rings is 1. The second kappa shape index (κ2) is 10.1. The lowest BCUT2D eigenvalue weighted by atomic mass is 10.1. The molecule has 3 rings (SSSR count). The topological polar surface area (TPSA) is 85.6 Å². The molecule has 10 heteroatoms. The number of halogens is 2. The van der Waals surface area contributed by atoms with Gasteiger partial charge in [-0.25, -0.2) is 14.7 Å². The van der Waals surface area contributed by atoms with E-state index in [0.29, 0.717) is 38.0 Å². The number of rotatable bonds is 8. The summed E-state index contributed by atoms with van der Waals surface area (Å²) in [6.45, 7) is 1.28. The van der Waals surface area contributed by atoms with Crippen LogP contribution in [-0.2, 0) is 30.9 Å². The summed E-state index contributed by atoms with van der Waals surface area (Å²) in [5.41, 5.74) is 0.784. The maximum absolute atomic E-state index is 12.4. The quantitative estimate of drug-likeness (QED) is 0.514. The van der Waals surface area contributed by atoms with Crippen LogP contribution in [0.2, 0.25) is 0 Å². The molecular weight excluding hydrogens is 382 g/mol. The molecule has 0 amide bonds. The SMILES string of the molecule is CCNC(=NCc1cccc(OC(F)F)c1)NC1CCc2nc(COC)nn2C1. The summed E-state index contributed by atoms with van der Waals surface area (Å²) < 4.78 is 36.2.